The third-order valence-electron chi connectivity index (χ3n) is 4.94. The van der Waals surface area contributed by atoms with Crippen LogP contribution in [0.2, 0.25) is 0 Å². The van der Waals surface area contributed by atoms with Gasteiger partial charge < -0.3 is 10.6 Å². The van der Waals surface area contributed by atoms with E-state index in [1.165, 1.54) is 11.1 Å². The molecule has 2 N–H and O–H groups in total. The molecule has 0 spiro atoms. The third kappa shape index (κ3) is 4.17. The average molecular weight is 338 g/mol. The van der Waals surface area contributed by atoms with Crippen molar-refractivity contribution >= 4 is 11.7 Å². The Labute approximate surface area is 149 Å². The molecule has 1 aliphatic rings. The summed E-state index contributed by atoms with van der Waals surface area (Å²) < 4.78 is 0. The third-order valence-corrected chi connectivity index (χ3v) is 4.94. The molecule has 0 fully saturated rings. The highest BCUT2D eigenvalue weighted by Gasteiger charge is 2.30. The predicted molar refractivity (Wildman–Crippen MR) is 101 cm³/mol. The number of rotatable bonds is 4. The number of aryl methyl sites for hydroxylation is 1. The fourth-order valence-electron chi connectivity index (χ4n) is 3.20. The van der Waals surface area contributed by atoms with E-state index in [-0.39, 0.29) is 11.6 Å². The Hall–Kier alpha value is -2.40. The molecule has 5 heteroatoms. The van der Waals surface area contributed by atoms with Crippen LogP contribution in [-0.2, 0) is 13.0 Å². The van der Waals surface area contributed by atoms with Crippen molar-refractivity contribution < 1.29 is 4.79 Å². The second-order valence-corrected chi connectivity index (χ2v) is 7.25. The van der Waals surface area contributed by atoms with Gasteiger partial charge in [-0.1, -0.05) is 24.3 Å². The maximum absolute atomic E-state index is 12.2. The first-order chi connectivity index (χ1) is 12.0. The van der Waals surface area contributed by atoms with Gasteiger partial charge in [-0.15, -0.1) is 0 Å². The number of hydrogen-bond acceptors (Lipinski definition) is 3. The molecule has 0 aliphatic carbocycles. The summed E-state index contributed by atoms with van der Waals surface area (Å²) in [5.74, 6) is 0. The highest BCUT2D eigenvalue weighted by Crippen LogP contribution is 2.25. The van der Waals surface area contributed by atoms with E-state index in [1.54, 1.807) is 12.4 Å². The lowest BCUT2D eigenvalue weighted by Crippen LogP contribution is -2.53. The summed E-state index contributed by atoms with van der Waals surface area (Å²) in [5, 5.41) is 5.90. The van der Waals surface area contributed by atoms with Crippen LogP contribution in [0.5, 0.6) is 0 Å². The van der Waals surface area contributed by atoms with E-state index >= 15 is 0 Å². The van der Waals surface area contributed by atoms with Crippen molar-refractivity contribution in [3.8, 4) is 0 Å². The Morgan fingerprint density at radius 2 is 2.00 bits per heavy atom. The monoisotopic (exact) mass is 338 g/mol. The van der Waals surface area contributed by atoms with Gasteiger partial charge in [0.05, 0.1) is 0 Å². The maximum atomic E-state index is 12.2. The Morgan fingerprint density at radius 1 is 1.24 bits per heavy atom. The molecule has 5 nitrogen and oxygen atoms in total. The van der Waals surface area contributed by atoms with E-state index in [4.69, 9.17) is 0 Å². The lowest BCUT2D eigenvalue weighted by molar-refractivity contribution is 0.105. The van der Waals surface area contributed by atoms with Crippen molar-refractivity contribution in [2.45, 2.75) is 39.3 Å². The number of aromatic nitrogens is 1. The first-order valence-corrected chi connectivity index (χ1v) is 8.73. The molecule has 1 aromatic carbocycles. The Morgan fingerprint density at radius 3 is 2.76 bits per heavy atom. The van der Waals surface area contributed by atoms with Gasteiger partial charge in [-0.2, -0.15) is 0 Å². The molecular weight excluding hydrogens is 312 g/mol. The first kappa shape index (κ1) is 17.4. The van der Waals surface area contributed by atoms with Gasteiger partial charge in [0.15, 0.2) is 0 Å². The number of urea groups is 1. The van der Waals surface area contributed by atoms with Gasteiger partial charge in [0.1, 0.15) is 0 Å². The van der Waals surface area contributed by atoms with Crippen LogP contribution < -0.4 is 10.6 Å². The van der Waals surface area contributed by atoms with E-state index in [9.17, 15) is 4.79 Å². The number of anilines is 1. The van der Waals surface area contributed by atoms with Crippen LogP contribution in [0.3, 0.4) is 0 Å². The summed E-state index contributed by atoms with van der Waals surface area (Å²) in [6.07, 6.45) is 4.48. The van der Waals surface area contributed by atoms with E-state index in [0.717, 1.165) is 30.8 Å². The minimum absolute atomic E-state index is 0.113. The summed E-state index contributed by atoms with van der Waals surface area (Å²) in [4.78, 5) is 18.7. The number of carbonyl (C=O) groups is 1. The first-order valence-electron chi connectivity index (χ1n) is 8.73. The largest absolute Gasteiger partial charge is 0.336 e. The molecule has 1 aromatic heterocycles. The molecule has 0 bridgehead atoms. The lowest BCUT2D eigenvalue weighted by atomic mass is 9.94. The molecule has 0 saturated heterocycles. The fourth-order valence-corrected chi connectivity index (χ4v) is 3.20. The smallest absolute Gasteiger partial charge is 0.319 e. The van der Waals surface area contributed by atoms with Crippen LogP contribution in [0.25, 0.3) is 0 Å². The number of amides is 2. The van der Waals surface area contributed by atoms with Gasteiger partial charge in [-0.25, -0.2) is 4.79 Å². The minimum atomic E-state index is -0.181. The summed E-state index contributed by atoms with van der Waals surface area (Å²) in [7, 11) is 0. The molecule has 2 aromatic rings. The van der Waals surface area contributed by atoms with Crippen LogP contribution in [0.4, 0.5) is 10.5 Å². The van der Waals surface area contributed by atoms with Crippen molar-refractivity contribution in [2.24, 2.45) is 0 Å². The van der Waals surface area contributed by atoms with Crippen LogP contribution in [-0.4, -0.2) is 34.5 Å². The van der Waals surface area contributed by atoms with Crippen LogP contribution in [0, 0.1) is 6.92 Å². The van der Waals surface area contributed by atoms with Gasteiger partial charge in [-0.05, 0) is 49.9 Å². The molecule has 0 radical (unpaired) electrons. The van der Waals surface area contributed by atoms with Crippen molar-refractivity contribution in [3.05, 3.63) is 59.4 Å². The van der Waals surface area contributed by atoms with Gasteiger partial charge in [0.2, 0.25) is 0 Å². The molecule has 3 rings (SSSR count). The number of fused-ring (bicyclic) bond motifs is 1. The Kier molecular flexibility index (Phi) is 5.04. The summed E-state index contributed by atoms with van der Waals surface area (Å²) in [6, 6.07) is 10.2. The number of nitrogens with zero attached hydrogens (tertiary/aromatic N) is 2. The average Bonchev–Trinajstić information content (AvgIpc) is 2.62. The van der Waals surface area contributed by atoms with Gasteiger partial charge in [-0.3, -0.25) is 9.88 Å². The SMILES string of the molecule is Cc1cnccc1NC(=O)NCC(C)(C)N1CCc2ccccc2C1. The number of pyridine rings is 1. The second kappa shape index (κ2) is 7.23. The highest BCUT2D eigenvalue weighted by atomic mass is 16.2. The molecule has 2 heterocycles. The summed E-state index contributed by atoms with van der Waals surface area (Å²) >= 11 is 0. The maximum Gasteiger partial charge on any atom is 0.319 e. The zero-order valence-corrected chi connectivity index (χ0v) is 15.2. The summed E-state index contributed by atoms with van der Waals surface area (Å²) in [5.41, 5.74) is 4.45. The quantitative estimate of drug-likeness (QED) is 0.899. The minimum Gasteiger partial charge on any atom is -0.336 e. The molecular formula is C20H26N4O. The Balaban J connectivity index is 1.57. The van der Waals surface area contributed by atoms with Crippen molar-refractivity contribution in [2.75, 3.05) is 18.4 Å². The van der Waals surface area contributed by atoms with Crippen LogP contribution in [0.15, 0.2) is 42.7 Å². The normalized spacial score (nSPS) is 14.7. The lowest BCUT2D eigenvalue weighted by Gasteiger charge is -2.41. The van der Waals surface area contributed by atoms with E-state index < -0.39 is 0 Å². The molecule has 0 saturated carbocycles. The fraction of sp³-hybridized carbons (Fsp3) is 0.400. The number of hydrogen-bond donors (Lipinski definition) is 2. The van der Waals surface area contributed by atoms with Crippen LogP contribution in [0.1, 0.15) is 30.5 Å². The van der Waals surface area contributed by atoms with Gasteiger partial charge >= 0.3 is 6.03 Å². The number of benzene rings is 1. The number of nitrogens with one attached hydrogen (secondary N) is 2. The van der Waals surface area contributed by atoms with Gasteiger partial charge in [0.25, 0.3) is 0 Å². The molecule has 2 amide bonds. The van der Waals surface area contributed by atoms with Crippen molar-refractivity contribution in [3.63, 3.8) is 0 Å². The number of carbonyl (C=O) groups excluding carboxylic acids is 1. The predicted octanol–water partition coefficient (Wildman–Crippen LogP) is 3.35. The zero-order chi connectivity index (χ0) is 17.9. The van der Waals surface area contributed by atoms with Crippen molar-refractivity contribution in [1.29, 1.82) is 0 Å². The highest BCUT2D eigenvalue weighted by molar-refractivity contribution is 5.89. The van der Waals surface area contributed by atoms with E-state index in [2.05, 4.69) is 58.6 Å². The molecule has 0 atom stereocenters. The molecule has 0 unspecified atom stereocenters. The Bertz CT molecular complexity index is 757. The second-order valence-electron chi connectivity index (χ2n) is 7.25. The molecule has 25 heavy (non-hydrogen) atoms. The standard InChI is InChI=1S/C20H26N4O/c1-15-12-21-10-8-18(15)23-19(25)22-14-20(2,3)24-11-9-16-6-4-5-7-17(16)13-24/h4-8,10,12H,9,11,13-14H2,1-3H3,(H2,21,22,23,25). The summed E-state index contributed by atoms with van der Waals surface area (Å²) in [6.45, 7) is 8.81. The molecule has 1 aliphatic heterocycles. The molecule has 132 valence electrons. The van der Waals surface area contributed by atoms with Crippen molar-refractivity contribution in [1.82, 2.24) is 15.2 Å². The van der Waals surface area contributed by atoms with E-state index in [1.807, 2.05) is 13.0 Å². The van der Waals surface area contributed by atoms with Gasteiger partial charge in [0, 0.05) is 43.3 Å². The van der Waals surface area contributed by atoms with Crippen LogP contribution >= 0.6 is 0 Å². The van der Waals surface area contributed by atoms with E-state index in [0.29, 0.717) is 6.54 Å². The topological polar surface area (TPSA) is 57.3 Å². The zero-order valence-electron chi connectivity index (χ0n) is 15.2.